The number of rotatable bonds is 12. The molecule has 2 heterocycles. The molecule has 4 rings (SSSR count). The minimum Gasteiger partial charge on any atom is -0.491 e. The zero-order chi connectivity index (χ0) is 32.7. The molecule has 0 bridgehead atoms. The van der Waals surface area contributed by atoms with Gasteiger partial charge in [0.05, 0.1) is 22.9 Å². The largest absolute Gasteiger partial charge is 0.491 e. The summed E-state index contributed by atoms with van der Waals surface area (Å²) in [4.78, 5) is 24.9. The highest BCUT2D eigenvalue weighted by molar-refractivity contribution is 7.22. The molecule has 236 valence electrons. The Morgan fingerprint density at radius 2 is 1.93 bits per heavy atom. The van der Waals surface area contributed by atoms with E-state index in [1.54, 1.807) is 30.2 Å². The van der Waals surface area contributed by atoms with Gasteiger partial charge in [-0.05, 0) is 82.8 Å². The first-order valence-electron chi connectivity index (χ1n) is 14.1. The maximum Gasteiger partial charge on any atom is 0.355 e. The van der Waals surface area contributed by atoms with Crippen LogP contribution in [0, 0.1) is 17.7 Å². The van der Waals surface area contributed by atoms with Crippen molar-refractivity contribution in [2.75, 3.05) is 38.0 Å². The first kappa shape index (κ1) is 33.3. The Hall–Kier alpha value is -4.64. The molecule has 0 saturated carbocycles. The van der Waals surface area contributed by atoms with E-state index in [4.69, 9.17) is 16.2 Å². The molecule has 4 aromatic rings. The van der Waals surface area contributed by atoms with E-state index in [0.717, 1.165) is 10.2 Å². The van der Waals surface area contributed by atoms with Crippen LogP contribution >= 0.6 is 22.7 Å². The van der Waals surface area contributed by atoms with Gasteiger partial charge in [0.25, 0.3) is 0 Å². The number of ether oxygens (including phenoxy) is 1. The van der Waals surface area contributed by atoms with E-state index in [9.17, 15) is 14.3 Å². The van der Waals surface area contributed by atoms with Crippen LogP contribution in [0.25, 0.3) is 10.2 Å². The molecule has 10 nitrogen and oxygen atoms in total. The number of carboxylic acid groups (broad SMARTS) is 1. The van der Waals surface area contributed by atoms with Crippen molar-refractivity contribution in [3.63, 3.8) is 0 Å². The van der Waals surface area contributed by atoms with Crippen LogP contribution in [0.15, 0.2) is 65.8 Å². The summed E-state index contributed by atoms with van der Waals surface area (Å²) in [5, 5.41) is 13.9. The van der Waals surface area contributed by atoms with Crippen molar-refractivity contribution in [2.24, 2.45) is 11.5 Å². The second kappa shape index (κ2) is 14.9. The molecule has 0 fully saturated rings. The number of hydrogen-bond donors (Lipinski definition) is 4. The number of aryl methyl sites for hydroxylation is 1. The van der Waals surface area contributed by atoms with Crippen LogP contribution < -0.4 is 26.4 Å². The summed E-state index contributed by atoms with van der Waals surface area (Å²) in [6, 6.07) is 12.4. The van der Waals surface area contributed by atoms with Crippen LogP contribution in [-0.4, -0.2) is 59.7 Å². The van der Waals surface area contributed by atoms with E-state index in [1.807, 2.05) is 57.1 Å². The Bertz CT molecular complexity index is 1770. The lowest BCUT2D eigenvalue weighted by molar-refractivity contribution is 0.0690. The number of anilines is 2. The molecular weight excluding hydrogens is 614 g/mol. The fourth-order valence-corrected chi connectivity index (χ4v) is 5.85. The molecule has 0 aliphatic heterocycles. The van der Waals surface area contributed by atoms with Gasteiger partial charge in [-0.3, -0.25) is 4.90 Å². The van der Waals surface area contributed by atoms with Crippen molar-refractivity contribution in [1.82, 2.24) is 14.9 Å². The number of nitrogens with two attached hydrogens (primary N) is 2. The third-order valence-corrected chi connectivity index (χ3v) is 8.97. The molecule has 2 aromatic heterocycles. The van der Waals surface area contributed by atoms with E-state index in [2.05, 4.69) is 27.1 Å². The van der Waals surface area contributed by atoms with Gasteiger partial charge in [0.15, 0.2) is 27.5 Å². The van der Waals surface area contributed by atoms with Crippen molar-refractivity contribution >= 4 is 49.1 Å². The minimum atomic E-state index is -1.14. The fourth-order valence-electron chi connectivity index (χ4n) is 3.89. The average molecular weight is 650 g/mol. The highest BCUT2D eigenvalue weighted by atomic mass is 32.1. The number of halogens is 1. The monoisotopic (exact) mass is 649 g/mol. The number of aromatic carboxylic acids is 1. The van der Waals surface area contributed by atoms with Crippen LogP contribution in [0.4, 0.5) is 14.7 Å². The van der Waals surface area contributed by atoms with E-state index in [-0.39, 0.29) is 24.1 Å². The summed E-state index contributed by atoms with van der Waals surface area (Å²) in [5.41, 5.74) is 14.7. The highest BCUT2D eigenvalue weighted by Crippen LogP contribution is 2.29. The number of thiazole rings is 2. The van der Waals surface area contributed by atoms with Gasteiger partial charge >= 0.3 is 5.97 Å². The van der Waals surface area contributed by atoms with E-state index in [0.29, 0.717) is 50.8 Å². The van der Waals surface area contributed by atoms with Gasteiger partial charge in [0.1, 0.15) is 11.6 Å². The smallest absolute Gasteiger partial charge is 0.355 e. The number of aromatic nitrogens is 2. The molecule has 6 N–H and O–H groups in total. The molecule has 45 heavy (non-hydrogen) atoms. The number of fused-ring (bicyclic) bond motifs is 1. The molecule has 1 atom stereocenters. The van der Waals surface area contributed by atoms with Gasteiger partial charge in [-0.15, -0.1) is 11.3 Å². The van der Waals surface area contributed by atoms with E-state index < -0.39 is 11.8 Å². The summed E-state index contributed by atoms with van der Waals surface area (Å²) < 4.78 is 21.3. The van der Waals surface area contributed by atoms with Crippen LogP contribution in [-0.2, 0) is 6.42 Å². The molecule has 0 spiro atoms. The van der Waals surface area contributed by atoms with Gasteiger partial charge in [-0.1, -0.05) is 35.3 Å². The average Bonchev–Trinajstić information content (AvgIpc) is 3.62. The van der Waals surface area contributed by atoms with Gasteiger partial charge in [-0.2, -0.15) is 0 Å². The fraction of sp³-hybridized carbons (Fsp3) is 0.281. The Morgan fingerprint density at radius 1 is 1.18 bits per heavy atom. The zero-order valence-electron chi connectivity index (χ0n) is 25.7. The number of para-hydroxylation sites is 1. The first-order chi connectivity index (χ1) is 21.4. The number of hydrogen-bond acceptors (Lipinski definition) is 11. The molecule has 0 amide bonds. The standard InChI is InChI=1S/C32H36FN7O3S2/c1-19(29(35)38-31-36-23-9-6-7-10-25(23)44-31)17-27(34)40(5)32-37-28(30(41)42)26(45-32)11-8-16-43-24-15-14-21(18-22(24)33)13-12-20(2)39(3)4/h6-7,9-10,14-15,17-18,20H,8,11,16,34-35H2,1-5H3,(H,36,38)(H,41,42)/b27-17+,29-19+. The van der Waals surface area contributed by atoms with E-state index >= 15 is 0 Å². The topological polar surface area (TPSA) is 143 Å². The van der Waals surface area contributed by atoms with Crippen LogP contribution in [0.3, 0.4) is 0 Å². The molecule has 0 radical (unpaired) electrons. The SMILES string of the molecule is CC(/C=C(\N)N(C)c1nc(C(=O)O)c(CCCOc2ccc(C#CC(C)N(C)C)cc2F)s1)=C(/N)Nc1nc2ccccc2s1. The summed E-state index contributed by atoms with van der Waals surface area (Å²) >= 11 is 2.71. The van der Waals surface area contributed by atoms with Crippen molar-refractivity contribution in [3.05, 3.63) is 87.7 Å². The highest BCUT2D eigenvalue weighted by Gasteiger charge is 2.20. The molecular formula is C32H36FN7O3S2. The Labute approximate surface area is 269 Å². The van der Waals surface area contributed by atoms with Crippen LogP contribution in [0.1, 0.15) is 41.2 Å². The zero-order valence-corrected chi connectivity index (χ0v) is 27.4. The van der Waals surface area contributed by atoms with Crippen LogP contribution in [0.5, 0.6) is 5.75 Å². The number of benzene rings is 2. The molecule has 2 aromatic carbocycles. The summed E-state index contributed by atoms with van der Waals surface area (Å²) in [6.07, 6.45) is 2.51. The number of carboxylic acids is 1. The number of nitrogens with one attached hydrogen (secondary N) is 1. The van der Waals surface area contributed by atoms with Gasteiger partial charge < -0.3 is 31.5 Å². The molecule has 0 aliphatic rings. The third-order valence-electron chi connectivity index (χ3n) is 6.83. The lowest BCUT2D eigenvalue weighted by atomic mass is 10.2. The van der Waals surface area contributed by atoms with Crippen molar-refractivity contribution in [3.8, 4) is 17.6 Å². The van der Waals surface area contributed by atoms with Gasteiger partial charge in [0, 0.05) is 17.5 Å². The molecule has 1 unspecified atom stereocenters. The van der Waals surface area contributed by atoms with Crippen molar-refractivity contribution < 1.29 is 19.0 Å². The predicted molar refractivity (Wildman–Crippen MR) is 180 cm³/mol. The molecule has 0 saturated heterocycles. The number of carbonyl (C=O) groups is 1. The normalized spacial score (nSPS) is 12.8. The summed E-state index contributed by atoms with van der Waals surface area (Å²) in [5.74, 6) is 5.20. The first-order valence-corrected chi connectivity index (χ1v) is 15.7. The van der Waals surface area contributed by atoms with Gasteiger partial charge in [-0.25, -0.2) is 19.2 Å². The lowest BCUT2D eigenvalue weighted by Gasteiger charge is -2.16. The van der Waals surface area contributed by atoms with Crippen molar-refractivity contribution in [1.29, 1.82) is 0 Å². The van der Waals surface area contributed by atoms with Crippen molar-refractivity contribution in [2.45, 2.75) is 32.7 Å². The predicted octanol–water partition coefficient (Wildman–Crippen LogP) is 5.44. The minimum absolute atomic E-state index is 0.0390. The second-order valence-corrected chi connectivity index (χ2v) is 12.5. The summed E-state index contributed by atoms with van der Waals surface area (Å²) in [7, 11) is 5.55. The lowest BCUT2D eigenvalue weighted by Crippen LogP contribution is -2.23. The van der Waals surface area contributed by atoms with E-state index in [1.165, 1.54) is 28.7 Å². The number of allylic oxidation sites excluding steroid dienone is 2. The van der Waals surface area contributed by atoms with Crippen LogP contribution in [0.2, 0.25) is 0 Å². The Balaban J connectivity index is 1.37. The second-order valence-electron chi connectivity index (χ2n) is 10.4. The molecule has 13 heteroatoms. The Kier molecular flexibility index (Phi) is 11.0. The quantitative estimate of drug-likeness (QED) is 0.0890. The maximum absolute atomic E-state index is 14.6. The molecule has 0 aliphatic carbocycles. The maximum atomic E-state index is 14.6. The van der Waals surface area contributed by atoms with Gasteiger partial charge in [0.2, 0.25) is 0 Å². The Morgan fingerprint density at radius 3 is 2.62 bits per heavy atom. The third kappa shape index (κ3) is 8.72. The summed E-state index contributed by atoms with van der Waals surface area (Å²) in [6.45, 7) is 3.96. The number of nitrogens with zero attached hydrogens (tertiary/aromatic N) is 4.